The Hall–Kier alpha value is -3.29. The summed E-state index contributed by atoms with van der Waals surface area (Å²) in [5.41, 5.74) is 1.52. The van der Waals surface area contributed by atoms with Gasteiger partial charge in [0.1, 0.15) is 12.4 Å². The van der Waals surface area contributed by atoms with Gasteiger partial charge in [0.2, 0.25) is 11.7 Å². The average molecular weight is 349 g/mol. The first-order chi connectivity index (χ1) is 12.8. The zero-order chi connectivity index (χ0) is 17.8. The molecule has 0 bridgehead atoms. The summed E-state index contributed by atoms with van der Waals surface area (Å²) >= 11 is 0. The fourth-order valence-electron chi connectivity index (χ4n) is 2.94. The van der Waals surface area contributed by atoms with E-state index in [1.807, 2.05) is 42.5 Å². The van der Waals surface area contributed by atoms with Crippen molar-refractivity contribution in [3.05, 3.63) is 48.7 Å². The van der Waals surface area contributed by atoms with Crippen LogP contribution in [0.3, 0.4) is 0 Å². The van der Waals surface area contributed by atoms with Crippen LogP contribution in [0.4, 0.5) is 11.5 Å². The van der Waals surface area contributed by atoms with E-state index in [1.165, 1.54) is 17.6 Å². The fourth-order valence-corrected chi connectivity index (χ4v) is 2.94. The van der Waals surface area contributed by atoms with Crippen molar-refractivity contribution >= 4 is 17.4 Å². The quantitative estimate of drug-likeness (QED) is 0.758. The highest BCUT2D eigenvalue weighted by atomic mass is 16.2. The molecular formula is C18H19N7O. The predicted molar refractivity (Wildman–Crippen MR) is 97.6 cm³/mol. The Morgan fingerprint density at radius 2 is 1.88 bits per heavy atom. The van der Waals surface area contributed by atoms with Crippen molar-refractivity contribution in [2.24, 2.45) is 0 Å². The molecule has 3 aromatic rings. The predicted octanol–water partition coefficient (Wildman–Crippen LogP) is 1.97. The average Bonchev–Trinajstić information content (AvgIpc) is 3.35. The first-order valence-corrected chi connectivity index (χ1v) is 8.62. The summed E-state index contributed by atoms with van der Waals surface area (Å²) in [6, 6.07) is 13.3. The molecule has 132 valence electrons. The second-order valence-electron chi connectivity index (χ2n) is 6.16. The van der Waals surface area contributed by atoms with Crippen LogP contribution in [0, 0.1) is 0 Å². The number of benzene rings is 1. The Balaban J connectivity index is 1.36. The molecule has 0 saturated carbocycles. The maximum atomic E-state index is 12.2. The summed E-state index contributed by atoms with van der Waals surface area (Å²) in [5, 5.41) is 15.0. The van der Waals surface area contributed by atoms with E-state index >= 15 is 0 Å². The first kappa shape index (κ1) is 16.2. The molecular weight excluding hydrogens is 330 g/mol. The lowest BCUT2D eigenvalue weighted by molar-refractivity contribution is -0.117. The number of amides is 1. The van der Waals surface area contributed by atoms with Gasteiger partial charge in [0, 0.05) is 18.7 Å². The lowest BCUT2D eigenvalue weighted by Gasteiger charge is -2.16. The van der Waals surface area contributed by atoms with Crippen LogP contribution in [0.25, 0.3) is 11.4 Å². The Morgan fingerprint density at radius 3 is 2.62 bits per heavy atom. The third-order valence-electron chi connectivity index (χ3n) is 4.23. The molecule has 2 aromatic heterocycles. The van der Waals surface area contributed by atoms with Crippen molar-refractivity contribution in [2.45, 2.75) is 19.4 Å². The van der Waals surface area contributed by atoms with Crippen LogP contribution in [0.15, 0.2) is 48.7 Å². The summed E-state index contributed by atoms with van der Waals surface area (Å²) in [4.78, 5) is 20.1. The number of aromatic nitrogens is 5. The summed E-state index contributed by atoms with van der Waals surface area (Å²) in [6.07, 6.45) is 4.09. The minimum absolute atomic E-state index is 0.00624. The van der Waals surface area contributed by atoms with E-state index < -0.39 is 0 Å². The van der Waals surface area contributed by atoms with Gasteiger partial charge in [0.25, 0.3) is 0 Å². The van der Waals surface area contributed by atoms with Crippen LogP contribution < -0.4 is 10.2 Å². The second-order valence-corrected chi connectivity index (χ2v) is 6.16. The molecule has 3 heterocycles. The molecule has 0 aliphatic carbocycles. The highest BCUT2D eigenvalue weighted by Crippen LogP contribution is 2.19. The Bertz CT molecular complexity index is 870. The maximum absolute atomic E-state index is 12.2. The van der Waals surface area contributed by atoms with Gasteiger partial charge in [0.15, 0.2) is 0 Å². The van der Waals surface area contributed by atoms with Crippen LogP contribution in [0.2, 0.25) is 0 Å². The van der Waals surface area contributed by atoms with Crippen molar-refractivity contribution in [1.29, 1.82) is 0 Å². The van der Waals surface area contributed by atoms with Crippen molar-refractivity contribution in [3.8, 4) is 11.4 Å². The van der Waals surface area contributed by atoms with Crippen LogP contribution in [-0.4, -0.2) is 44.2 Å². The van der Waals surface area contributed by atoms with Crippen molar-refractivity contribution in [2.75, 3.05) is 23.3 Å². The molecule has 4 rings (SSSR count). The van der Waals surface area contributed by atoms with E-state index in [0.29, 0.717) is 11.5 Å². The maximum Gasteiger partial charge on any atom is 0.248 e. The molecule has 1 amide bonds. The van der Waals surface area contributed by atoms with Crippen molar-refractivity contribution in [3.63, 3.8) is 0 Å². The molecule has 1 aliphatic rings. The molecule has 1 fully saturated rings. The van der Waals surface area contributed by atoms with E-state index in [4.69, 9.17) is 0 Å². The topological polar surface area (TPSA) is 88.8 Å². The molecule has 0 atom stereocenters. The van der Waals surface area contributed by atoms with Gasteiger partial charge in [0.05, 0.1) is 11.9 Å². The summed E-state index contributed by atoms with van der Waals surface area (Å²) in [7, 11) is 0. The number of nitrogens with one attached hydrogen (secondary N) is 1. The van der Waals surface area contributed by atoms with Crippen molar-refractivity contribution in [1.82, 2.24) is 25.2 Å². The molecule has 0 spiro atoms. The van der Waals surface area contributed by atoms with Gasteiger partial charge < -0.3 is 10.2 Å². The molecule has 8 nitrogen and oxygen atoms in total. The lowest BCUT2D eigenvalue weighted by atomic mass is 10.2. The lowest BCUT2D eigenvalue weighted by Crippen LogP contribution is -2.21. The van der Waals surface area contributed by atoms with Gasteiger partial charge >= 0.3 is 0 Å². The van der Waals surface area contributed by atoms with Gasteiger partial charge in [-0.05, 0) is 30.2 Å². The van der Waals surface area contributed by atoms with Gasteiger partial charge in [-0.25, -0.2) is 4.98 Å². The number of hydrogen-bond acceptors (Lipinski definition) is 6. The minimum atomic E-state index is -0.224. The van der Waals surface area contributed by atoms with Gasteiger partial charge in [-0.3, -0.25) is 4.79 Å². The van der Waals surface area contributed by atoms with Gasteiger partial charge in [-0.15, -0.1) is 10.2 Å². The standard InChI is InChI=1S/C18H19N7O/c26-17(13-25-22-18(21-23-25)14-6-2-1-3-7-14)20-15-8-9-16(19-12-15)24-10-4-5-11-24/h1-3,6-9,12H,4-5,10-11,13H2,(H,20,26). The molecule has 8 heteroatoms. The van der Waals surface area contributed by atoms with Gasteiger partial charge in [-0.2, -0.15) is 4.80 Å². The number of pyridine rings is 1. The molecule has 26 heavy (non-hydrogen) atoms. The van der Waals surface area contributed by atoms with Crippen LogP contribution >= 0.6 is 0 Å². The third-order valence-corrected chi connectivity index (χ3v) is 4.23. The zero-order valence-electron chi connectivity index (χ0n) is 14.2. The monoisotopic (exact) mass is 349 g/mol. The SMILES string of the molecule is O=C(Cn1nnc(-c2ccccc2)n1)Nc1ccc(N2CCCC2)nc1. The molecule has 0 radical (unpaired) electrons. The number of hydrogen-bond donors (Lipinski definition) is 1. The fraction of sp³-hybridized carbons (Fsp3) is 0.278. The number of anilines is 2. The first-order valence-electron chi connectivity index (χ1n) is 8.62. The largest absolute Gasteiger partial charge is 0.357 e. The van der Waals surface area contributed by atoms with Crippen LogP contribution in [0.5, 0.6) is 0 Å². The number of rotatable bonds is 5. The highest BCUT2D eigenvalue weighted by molar-refractivity contribution is 5.90. The van der Waals surface area contributed by atoms with Crippen molar-refractivity contribution < 1.29 is 4.79 Å². The summed E-state index contributed by atoms with van der Waals surface area (Å²) in [6.45, 7) is 2.08. The number of carbonyl (C=O) groups is 1. The summed E-state index contributed by atoms with van der Waals surface area (Å²) < 4.78 is 0. The molecule has 1 saturated heterocycles. The Morgan fingerprint density at radius 1 is 1.08 bits per heavy atom. The van der Waals surface area contributed by atoms with Crippen LogP contribution in [-0.2, 0) is 11.3 Å². The van der Waals surface area contributed by atoms with E-state index in [0.717, 1.165) is 24.5 Å². The second kappa shape index (κ2) is 7.30. The molecule has 1 aromatic carbocycles. The Labute approximate surface area is 150 Å². The molecule has 1 aliphatic heterocycles. The normalized spacial score (nSPS) is 13.8. The minimum Gasteiger partial charge on any atom is -0.357 e. The zero-order valence-corrected chi connectivity index (χ0v) is 14.2. The Kier molecular flexibility index (Phi) is 4.55. The van der Waals surface area contributed by atoms with E-state index in [-0.39, 0.29) is 12.5 Å². The van der Waals surface area contributed by atoms with E-state index in [2.05, 4.69) is 30.6 Å². The van der Waals surface area contributed by atoms with Gasteiger partial charge in [-0.1, -0.05) is 30.3 Å². The van der Waals surface area contributed by atoms with Crippen LogP contribution in [0.1, 0.15) is 12.8 Å². The highest BCUT2D eigenvalue weighted by Gasteiger charge is 2.14. The number of carbonyl (C=O) groups excluding carboxylic acids is 1. The molecule has 0 unspecified atom stereocenters. The number of tetrazole rings is 1. The molecule has 1 N–H and O–H groups in total. The number of nitrogens with zero attached hydrogens (tertiary/aromatic N) is 6. The third kappa shape index (κ3) is 3.69. The summed E-state index contributed by atoms with van der Waals surface area (Å²) in [5.74, 6) is 1.22. The smallest absolute Gasteiger partial charge is 0.248 e. The van der Waals surface area contributed by atoms with E-state index in [1.54, 1.807) is 6.20 Å². The van der Waals surface area contributed by atoms with E-state index in [9.17, 15) is 4.79 Å².